The summed E-state index contributed by atoms with van der Waals surface area (Å²) in [7, 11) is 1.68. The van der Waals surface area contributed by atoms with Crippen LogP contribution in [0, 0.1) is 0 Å². The number of ether oxygens (including phenoxy) is 1. The standard InChI is InChI=1S/C15H24N4OS/c1-4-12(5-2)19-8-6-11(18-19)10-13(17-16)15-14(20-3)7-9-21-15/h6-9,12-13,17H,4-5,10,16H2,1-3H3. The van der Waals surface area contributed by atoms with E-state index in [-0.39, 0.29) is 6.04 Å². The van der Waals surface area contributed by atoms with Crippen molar-refractivity contribution in [3.05, 3.63) is 34.3 Å². The van der Waals surface area contributed by atoms with Crippen LogP contribution in [0.2, 0.25) is 0 Å². The highest BCUT2D eigenvalue weighted by molar-refractivity contribution is 7.10. The van der Waals surface area contributed by atoms with Gasteiger partial charge in [-0.05, 0) is 30.4 Å². The molecular weight excluding hydrogens is 284 g/mol. The van der Waals surface area contributed by atoms with Crippen molar-refractivity contribution in [1.82, 2.24) is 15.2 Å². The summed E-state index contributed by atoms with van der Waals surface area (Å²) in [5.74, 6) is 6.60. The Bertz CT molecular complexity index is 547. The zero-order valence-electron chi connectivity index (χ0n) is 12.9. The molecule has 6 heteroatoms. The molecule has 0 radical (unpaired) electrons. The van der Waals surface area contributed by atoms with Crippen molar-refractivity contribution in [2.75, 3.05) is 7.11 Å². The smallest absolute Gasteiger partial charge is 0.134 e. The summed E-state index contributed by atoms with van der Waals surface area (Å²) in [6.07, 6.45) is 5.00. The number of hydrazine groups is 1. The molecule has 3 N–H and O–H groups in total. The molecule has 0 amide bonds. The number of hydrogen-bond acceptors (Lipinski definition) is 5. The fourth-order valence-corrected chi connectivity index (χ4v) is 3.44. The van der Waals surface area contributed by atoms with E-state index in [0.717, 1.165) is 35.6 Å². The summed E-state index contributed by atoms with van der Waals surface area (Å²) >= 11 is 1.65. The van der Waals surface area contributed by atoms with Crippen molar-refractivity contribution in [2.24, 2.45) is 5.84 Å². The molecule has 0 aliphatic heterocycles. The second-order valence-corrected chi connectivity index (χ2v) is 5.98. The third-order valence-corrected chi connectivity index (χ3v) is 4.80. The lowest BCUT2D eigenvalue weighted by molar-refractivity contribution is 0.401. The average molecular weight is 308 g/mol. The van der Waals surface area contributed by atoms with Gasteiger partial charge in [-0.15, -0.1) is 11.3 Å². The maximum Gasteiger partial charge on any atom is 0.134 e. The van der Waals surface area contributed by atoms with Crippen LogP contribution in [0.5, 0.6) is 5.75 Å². The van der Waals surface area contributed by atoms with Crippen molar-refractivity contribution >= 4 is 11.3 Å². The van der Waals surface area contributed by atoms with E-state index in [9.17, 15) is 0 Å². The second-order valence-electron chi connectivity index (χ2n) is 5.03. The van der Waals surface area contributed by atoms with E-state index in [0.29, 0.717) is 6.04 Å². The van der Waals surface area contributed by atoms with Gasteiger partial charge in [0.2, 0.25) is 0 Å². The van der Waals surface area contributed by atoms with Crippen LogP contribution in [0.25, 0.3) is 0 Å². The Labute approximate surface area is 130 Å². The second kappa shape index (κ2) is 7.59. The Balaban J connectivity index is 2.12. The first-order valence-corrected chi connectivity index (χ1v) is 8.22. The molecule has 0 aromatic carbocycles. The Hall–Kier alpha value is -1.37. The van der Waals surface area contributed by atoms with Crippen LogP contribution < -0.4 is 16.0 Å². The van der Waals surface area contributed by atoms with Crippen molar-refractivity contribution in [3.8, 4) is 5.75 Å². The van der Waals surface area contributed by atoms with Crippen molar-refractivity contribution < 1.29 is 4.74 Å². The predicted molar refractivity (Wildman–Crippen MR) is 86.5 cm³/mol. The number of aromatic nitrogens is 2. The molecule has 2 aromatic heterocycles. The minimum Gasteiger partial charge on any atom is -0.496 e. The SMILES string of the molecule is CCC(CC)n1ccc(CC(NN)c2sccc2OC)n1. The fraction of sp³-hybridized carbons (Fsp3) is 0.533. The van der Waals surface area contributed by atoms with Crippen LogP contribution in [-0.4, -0.2) is 16.9 Å². The van der Waals surface area contributed by atoms with Crippen LogP contribution in [0.1, 0.15) is 49.3 Å². The van der Waals surface area contributed by atoms with Gasteiger partial charge < -0.3 is 4.74 Å². The van der Waals surface area contributed by atoms with E-state index in [2.05, 4.69) is 36.2 Å². The molecule has 1 unspecified atom stereocenters. The molecule has 0 bridgehead atoms. The monoisotopic (exact) mass is 308 g/mol. The minimum atomic E-state index is 0.0185. The summed E-state index contributed by atoms with van der Waals surface area (Å²) in [5, 5.41) is 6.71. The van der Waals surface area contributed by atoms with E-state index >= 15 is 0 Å². The van der Waals surface area contributed by atoms with E-state index in [4.69, 9.17) is 15.7 Å². The number of nitrogens with zero attached hydrogens (tertiary/aromatic N) is 2. The highest BCUT2D eigenvalue weighted by Gasteiger charge is 2.18. The van der Waals surface area contributed by atoms with Crippen molar-refractivity contribution in [2.45, 2.75) is 45.2 Å². The zero-order valence-corrected chi connectivity index (χ0v) is 13.7. The molecule has 0 fully saturated rings. The van der Waals surface area contributed by atoms with Crippen LogP contribution >= 0.6 is 11.3 Å². The predicted octanol–water partition coefficient (Wildman–Crippen LogP) is 3.06. The normalized spacial score (nSPS) is 12.8. The lowest BCUT2D eigenvalue weighted by Crippen LogP contribution is -2.29. The molecule has 0 aliphatic carbocycles. The first-order valence-electron chi connectivity index (χ1n) is 7.34. The molecule has 1 atom stereocenters. The Morgan fingerprint density at radius 3 is 2.76 bits per heavy atom. The topological polar surface area (TPSA) is 65.1 Å². The summed E-state index contributed by atoms with van der Waals surface area (Å²) in [6.45, 7) is 4.38. The van der Waals surface area contributed by atoms with Gasteiger partial charge in [0.25, 0.3) is 0 Å². The van der Waals surface area contributed by atoms with Gasteiger partial charge in [-0.3, -0.25) is 16.0 Å². The molecule has 0 saturated heterocycles. The van der Waals surface area contributed by atoms with Gasteiger partial charge in [0.15, 0.2) is 0 Å². The highest BCUT2D eigenvalue weighted by Crippen LogP contribution is 2.32. The Kier molecular flexibility index (Phi) is 5.78. The fourth-order valence-electron chi connectivity index (χ4n) is 2.52. The molecule has 116 valence electrons. The number of hydrogen-bond donors (Lipinski definition) is 2. The van der Waals surface area contributed by atoms with Crippen molar-refractivity contribution in [1.29, 1.82) is 0 Å². The van der Waals surface area contributed by atoms with Gasteiger partial charge in [-0.1, -0.05) is 13.8 Å². The minimum absolute atomic E-state index is 0.0185. The number of nitrogens with two attached hydrogens (primary N) is 1. The first kappa shape index (κ1) is 16.0. The molecule has 0 saturated carbocycles. The molecule has 0 aliphatic rings. The van der Waals surface area contributed by atoms with Gasteiger partial charge in [0, 0.05) is 12.6 Å². The van der Waals surface area contributed by atoms with E-state index < -0.39 is 0 Å². The van der Waals surface area contributed by atoms with Crippen LogP contribution in [0.4, 0.5) is 0 Å². The largest absolute Gasteiger partial charge is 0.496 e. The number of thiophene rings is 1. The maximum absolute atomic E-state index is 5.72. The quantitative estimate of drug-likeness (QED) is 0.581. The average Bonchev–Trinajstić information content (AvgIpc) is 3.15. The summed E-state index contributed by atoms with van der Waals surface area (Å²) in [5.41, 5.74) is 3.92. The van der Waals surface area contributed by atoms with E-state index in [1.807, 2.05) is 11.4 Å². The summed E-state index contributed by atoms with van der Waals surface area (Å²) in [6, 6.07) is 4.53. The van der Waals surface area contributed by atoms with Crippen LogP contribution in [0.15, 0.2) is 23.7 Å². The first-order chi connectivity index (χ1) is 10.2. The summed E-state index contributed by atoms with van der Waals surface area (Å²) < 4.78 is 7.44. The van der Waals surface area contributed by atoms with E-state index in [1.165, 1.54) is 0 Å². The van der Waals surface area contributed by atoms with Gasteiger partial charge in [-0.2, -0.15) is 5.10 Å². The number of methoxy groups -OCH3 is 1. The molecule has 5 nitrogen and oxygen atoms in total. The third-order valence-electron chi connectivity index (χ3n) is 3.79. The Morgan fingerprint density at radius 2 is 2.14 bits per heavy atom. The van der Waals surface area contributed by atoms with E-state index in [1.54, 1.807) is 18.4 Å². The molecule has 2 rings (SSSR count). The molecule has 21 heavy (non-hydrogen) atoms. The van der Waals surface area contributed by atoms with Gasteiger partial charge >= 0.3 is 0 Å². The summed E-state index contributed by atoms with van der Waals surface area (Å²) in [4.78, 5) is 1.11. The van der Waals surface area contributed by atoms with Crippen LogP contribution in [-0.2, 0) is 6.42 Å². The zero-order chi connectivity index (χ0) is 15.2. The number of nitrogens with one attached hydrogen (secondary N) is 1. The van der Waals surface area contributed by atoms with Gasteiger partial charge in [0.1, 0.15) is 5.75 Å². The Morgan fingerprint density at radius 1 is 1.38 bits per heavy atom. The molecular formula is C15H24N4OS. The molecule has 2 aromatic rings. The number of rotatable bonds is 8. The van der Waals surface area contributed by atoms with Gasteiger partial charge in [0.05, 0.1) is 29.8 Å². The van der Waals surface area contributed by atoms with Crippen LogP contribution in [0.3, 0.4) is 0 Å². The lowest BCUT2D eigenvalue weighted by Gasteiger charge is -2.15. The highest BCUT2D eigenvalue weighted by atomic mass is 32.1. The van der Waals surface area contributed by atoms with Crippen molar-refractivity contribution in [3.63, 3.8) is 0 Å². The maximum atomic E-state index is 5.72. The molecule has 2 heterocycles. The molecule has 0 spiro atoms. The van der Waals surface area contributed by atoms with Gasteiger partial charge in [-0.25, -0.2) is 0 Å². The lowest BCUT2D eigenvalue weighted by atomic mass is 10.1. The third kappa shape index (κ3) is 3.64.